The Morgan fingerprint density at radius 1 is 1.04 bits per heavy atom. The SMILES string of the molecule is O=C(O[C@H](C(=O)N1CCOCC1)c1ccccc1)c1ccco1. The van der Waals surface area contributed by atoms with Gasteiger partial charge in [0, 0.05) is 18.7 Å². The summed E-state index contributed by atoms with van der Waals surface area (Å²) < 4.78 is 15.7. The highest BCUT2D eigenvalue weighted by molar-refractivity contribution is 5.90. The number of hydrogen-bond acceptors (Lipinski definition) is 5. The molecule has 0 N–H and O–H groups in total. The molecule has 6 nitrogen and oxygen atoms in total. The molecular weight excluding hydrogens is 298 g/mol. The van der Waals surface area contributed by atoms with Crippen LogP contribution in [0.1, 0.15) is 22.2 Å². The molecule has 120 valence electrons. The number of furan rings is 1. The van der Waals surface area contributed by atoms with Gasteiger partial charge in [-0.15, -0.1) is 0 Å². The molecule has 1 amide bonds. The number of carbonyl (C=O) groups is 2. The summed E-state index contributed by atoms with van der Waals surface area (Å²) in [5.74, 6) is -0.842. The van der Waals surface area contributed by atoms with Crippen molar-refractivity contribution >= 4 is 11.9 Å². The lowest BCUT2D eigenvalue weighted by Gasteiger charge is -2.30. The third kappa shape index (κ3) is 3.60. The summed E-state index contributed by atoms with van der Waals surface area (Å²) in [5.41, 5.74) is 0.629. The van der Waals surface area contributed by atoms with Gasteiger partial charge in [0.1, 0.15) is 0 Å². The van der Waals surface area contributed by atoms with Crippen molar-refractivity contribution in [2.45, 2.75) is 6.10 Å². The van der Waals surface area contributed by atoms with Crippen LogP contribution in [0.2, 0.25) is 0 Å². The Morgan fingerprint density at radius 2 is 1.78 bits per heavy atom. The van der Waals surface area contributed by atoms with E-state index in [9.17, 15) is 9.59 Å². The van der Waals surface area contributed by atoms with Crippen molar-refractivity contribution in [3.63, 3.8) is 0 Å². The predicted octanol–water partition coefficient (Wildman–Crippen LogP) is 2.04. The second kappa shape index (κ2) is 7.11. The summed E-state index contributed by atoms with van der Waals surface area (Å²) in [5, 5.41) is 0. The molecule has 1 atom stereocenters. The molecule has 0 saturated carbocycles. The van der Waals surface area contributed by atoms with Crippen LogP contribution >= 0.6 is 0 Å². The van der Waals surface area contributed by atoms with Crippen molar-refractivity contribution in [2.75, 3.05) is 26.3 Å². The number of amides is 1. The molecule has 1 aromatic heterocycles. The Balaban J connectivity index is 1.81. The van der Waals surface area contributed by atoms with Crippen molar-refractivity contribution in [1.29, 1.82) is 0 Å². The minimum Gasteiger partial charge on any atom is -0.457 e. The largest absolute Gasteiger partial charge is 0.457 e. The van der Waals surface area contributed by atoms with E-state index in [-0.39, 0.29) is 11.7 Å². The number of nitrogens with zero attached hydrogens (tertiary/aromatic N) is 1. The van der Waals surface area contributed by atoms with Crippen LogP contribution < -0.4 is 0 Å². The van der Waals surface area contributed by atoms with E-state index in [1.54, 1.807) is 35.2 Å². The maximum atomic E-state index is 12.8. The number of rotatable bonds is 4. The third-order valence-corrected chi connectivity index (χ3v) is 3.60. The van der Waals surface area contributed by atoms with Gasteiger partial charge in [0.25, 0.3) is 5.91 Å². The predicted molar refractivity (Wildman–Crippen MR) is 80.7 cm³/mol. The third-order valence-electron chi connectivity index (χ3n) is 3.60. The minimum absolute atomic E-state index is 0.0701. The minimum atomic E-state index is -0.994. The normalized spacial score (nSPS) is 15.9. The zero-order valence-electron chi connectivity index (χ0n) is 12.5. The Hall–Kier alpha value is -2.60. The van der Waals surface area contributed by atoms with Crippen LogP contribution in [-0.2, 0) is 14.3 Å². The van der Waals surface area contributed by atoms with Gasteiger partial charge in [-0.2, -0.15) is 0 Å². The summed E-state index contributed by atoms with van der Waals surface area (Å²) in [6.07, 6.45) is 0.393. The van der Waals surface area contributed by atoms with Crippen LogP contribution in [-0.4, -0.2) is 43.1 Å². The van der Waals surface area contributed by atoms with Crippen LogP contribution in [0.15, 0.2) is 53.1 Å². The lowest BCUT2D eigenvalue weighted by molar-refractivity contribution is -0.145. The average Bonchev–Trinajstić information content (AvgIpc) is 3.15. The molecule has 1 aliphatic heterocycles. The van der Waals surface area contributed by atoms with E-state index in [0.29, 0.717) is 31.9 Å². The summed E-state index contributed by atoms with van der Waals surface area (Å²) in [7, 11) is 0. The Morgan fingerprint density at radius 3 is 2.43 bits per heavy atom. The van der Waals surface area contributed by atoms with Gasteiger partial charge in [-0.25, -0.2) is 4.79 Å². The first-order chi connectivity index (χ1) is 11.3. The van der Waals surface area contributed by atoms with E-state index in [1.165, 1.54) is 12.3 Å². The maximum Gasteiger partial charge on any atom is 0.375 e. The molecule has 1 saturated heterocycles. The van der Waals surface area contributed by atoms with Gasteiger partial charge in [-0.1, -0.05) is 30.3 Å². The first-order valence-corrected chi connectivity index (χ1v) is 7.41. The zero-order chi connectivity index (χ0) is 16.1. The fourth-order valence-corrected chi connectivity index (χ4v) is 2.40. The first-order valence-electron chi connectivity index (χ1n) is 7.41. The number of morpholine rings is 1. The molecule has 0 radical (unpaired) electrons. The molecule has 2 heterocycles. The lowest BCUT2D eigenvalue weighted by Crippen LogP contribution is -2.44. The highest BCUT2D eigenvalue weighted by atomic mass is 16.6. The van der Waals surface area contributed by atoms with E-state index in [4.69, 9.17) is 13.9 Å². The second-order valence-electron chi connectivity index (χ2n) is 5.11. The summed E-state index contributed by atoms with van der Waals surface area (Å²) in [6, 6.07) is 12.1. The quantitative estimate of drug-likeness (QED) is 0.808. The number of benzene rings is 1. The van der Waals surface area contributed by atoms with E-state index in [2.05, 4.69) is 0 Å². The second-order valence-corrected chi connectivity index (χ2v) is 5.11. The molecule has 0 spiro atoms. The van der Waals surface area contributed by atoms with E-state index in [1.807, 2.05) is 6.07 Å². The van der Waals surface area contributed by atoms with E-state index < -0.39 is 12.1 Å². The van der Waals surface area contributed by atoms with Crippen LogP contribution in [0.25, 0.3) is 0 Å². The van der Waals surface area contributed by atoms with Gasteiger partial charge < -0.3 is 18.8 Å². The highest BCUT2D eigenvalue weighted by Crippen LogP contribution is 2.22. The molecule has 23 heavy (non-hydrogen) atoms. The molecule has 6 heteroatoms. The van der Waals surface area contributed by atoms with Crippen LogP contribution in [0.3, 0.4) is 0 Å². The Kier molecular flexibility index (Phi) is 4.73. The molecule has 3 rings (SSSR count). The molecule has 1 aliphatic rings. The van der Waals surface area contributed by atoms with Gasteiger partial charge in [0.15, 0.2) is 0 Å². The van der Waals surface area contributed by atoms with Crippen molar-refractivity contribution in [1.82, 2.24) is 4.90 Å². The summed E-state index contributed by atoms with van der Waals surface area (Å²) >= 11 is 0. The standard InChI is InChI=1S/C17H17NO5/c19-16(18-8-11-21-12-9-18)15(13-5-2-1-3-6-13)23-17(20)14-7-4-10-22-14/h1-7,10,15H,8-9,11-12H2/t15-/m0/s1. The molecular formula is C17H17NO5. The highest BCUT2D eigenvalue weighted by Gasteiger charge is 2.31. The van der Waals surface area contributed by atoms with Gasteiger partial charge in [-0.05, 0) is 12.1 Å². The maximum absolute atomic E-state index is 12.8. The molecule has 2 aromatic rings. The summed E-state index contributed by atoms with van der Waals surface area (Å²) in [4.78, 5) is 26.6. The number of hydrogen-bond donors (Lipinski definition) is 0. The van der Waals surface area contributed by atoms with Gasteiger partial charge in [0.05, 0.1) is 19.5 Å². The van der Waals surface area contributed by atoms with Crippen molar-refractivity contribution < 1.29 is 23.5 Å². The van der Waals surface area contributed by atoms with Crippen molar-refractivity contribution in [2.24, 2.45) is 0 Å². The number of carbonyl (C=O) groups excluding carboxylic acids is 2. The molecule has 0 bridgehead atoms. The van der Waals surface area contributed by atoms with Crippen LogP contribution in [0.5, 0.6) is 0 Å². The number of ether oxygens (including phenoxy) is 2. The first kappa shape index (κ1) is 15.3. The van der Waals surface area contributed by atoms with Crippen LogP contribution in [0, 0.1) is 0 Å². The fraction of sp³-hybridized carbons (Fsp3) is 0.294. The Bertz CT molecular complexity index is 647. The number of esters is 1. The van der Waals surface area contributed by atoms with Gasteiger partial charge in [-0.3, -0.25) is 4.79 Å². The van der Waals surface area contributed by atoms with Crippen LogP contribution in [0.4, 0.5) is 0 Å². The summed E-state index contributed by atoms with van der Waals surface area (Å²) in [6.45, 7) is 1.94. The van der Waals surface area contributed by atoms with E-state index >= 15 is 0 Å². The monoisotopic (exact) mass is 315 g/mol. The van der Waals surface area contributed by atoms with Gasteiger partial charge >= 0.3 is 5.97 Å². The molecule has 1 fully saturated rings. The zero-order valence-corrected chi connectivity index (χ0v) is 12.5. The lowest BCUT2D eigenvalue weighted by atomic mass is 10.1. The Labute approximate surface area is 133 Å². The van der Waals surface area contributed by atoms with Gasteiger partial charge in [0.2, 0.25) is 11.9 Å². The van der Waals surface area contributed by atoms with Crippen molar-refractivity contribution in [3.05, 3.63) is 60.1 Å². The topological polar surface area (TPSA) is 69.0 Å². The smallest absolute Gasteiger partial charge is 0.375 e. The van der Waals surface area contributed by atoms with E-state index in [0.717, 1.165) is 0 Å². The fourth-order valence-electron chi connectivity index (χ4n) is 2.40. The average molecular weight is 315 g/mol. The van der Waals surface area contributed by atoms with Crippen molar-refractivity contribution in [3.8, 4) is 0 Å². The molecule has 1 aromatic carbocycles. The molecule has 0 aliphatic carbocycles. The molecule has 0 unspecified atom stereocenters.